The maximum atomic E-state index is 3.77. The second-order valence-electron chi connectivity index (χ2n) is 6.34. The Hall–Kier alpha value is -1.08. The lowest BCUT2D eigenvalue weighted by molar-refractivity contribution is 0.271. The Bertz CT molecular complexity index is 443. The summed E-state index contributed by atoms with van der Waals surface area (Å²) in [5, 5.41) is 3.77. The van der Waals surface area contributed by atoms with Gasteiger partial charge in [0, 0.05) is 6.04 Å². The summed E-state index contributed by atoms with van der Waals surface area (Å²) >= 11 is 0. The predicted molar refractivity (Wildman–Crippen MR) is 81.4 cm³/mol. The van der Waals surface area contributed by atoms with Gasteiger partial charge < -0.3 is 5.32 Å². The Morgan fingerprint density at radius 3 is 2.84 bits per heavy atom. The van der Waals surface area contributed by atoms with Gasteiger partial charge in [0.05, 0.1) is 0 Å². The Balaban J connectivity index is 1.41. The van der Waals surface area contributed by atoms with Crippen molar-refractivity contribution in [3.05, 3.63) is 47.5 Å². The summed E-state index contributed by atoms with van der Waals surface area (Å²) in [6, 6.07) is 9.79. The van der Waals surface area contributed by atoms with Gasteiger partial charge in [-0.15, -0.1) is 0 Å². The first kappa shape index (κ1) is 12.9. The van der Waals surface area contributed by atoms with Gasteiger partial charge in [0.15, 0.2) is 0 Å². The normalized spacial score (nSPS) is 30.1. The van der Waals surface area contributed by atoms with E-state index in [0.717, 1.165) is 17.9 Å². The van der Waals surface area contributed by atoms with Crippen molar-refractivity contribution in [2.24, 2.45) is 5.92 Å². The highest BCUT2D eigenvalue weighted by molar-refractivity contribution is 5.27. The van der Waals surface area contributed by atoms with Crippen LogP contribution in [-0.4, -0.2) is 12.6 Å². The van der Waals surface area contributed by atoms with Crippen LogP contribution in [-0.2, 0) is 0 Å². The second-order valence-corrected chi connectivity index (χ2v) is 6.34. The standard InChI is InChI=1S/C18H25N/c1-14-6-5-9-16(10-14)17-11-18(12-17)19-13-15-7-3-2-4-8-15/h2-3,5-6,9-10,15,17-19H,4,7-8,11-13H2,1H3. The number of hydrogen-bond acceptors (Lipinski definition) is 1. The summed E-state index contributed by atoms with van der Waals surface area (Å²) in [6.45, 7) is 3.41. The smallest absolute Gasteiger partial charge is 0.00788 e. The van der Waals surface area contributed by atoms with Crippen molar-refractivity contribution in [2.45, 2.75) is 51.0 Å². The molecule has 1 nitrogen and oxygen atoms in total. The van der Waals surface area contributed by atoms with Gasteiger partial charge in [0.1, 0.15) is 0 Å². The number of benzene rings is 1. The van der Waals surface area contributed by atoms with Crippen molar-refractivity contribution >= 4 is 0 Å². The largest absolute Gasteiger partial charge is 0.314 e. The first-order valence-corrected chi connectivity index (χ1v) is 7.76. The molecule has 0 aliphatic heterocycles. The van der Waals surface area contributed by atoms with Gasteiger partial charge in [-0.2, -0.15) is 0 Å². The number of hydrogen-bond donors (Lipinski definition) is 1. The summed E-state index contributed by atoms with van der Waals surface area (Å²) in [6.07, 6.45) is 11.3. The van der Waals surface area contributed by atoms with E-state index in [0.29, 0.717) is 0 Å². The lowest BCUT2D eigenvalue weighted by Gasteiger charge is -2.37. The quantitative estimate of drug-likeness (QED) is 0.796. The van der Waals surface area contributed by atoms with Crippen LogP contribution in [0.2, 0.25) is 0 Å². The van der Waals surface area contributed by atoms with Crippen LogP contribution in [0.15, 0.2) is 36.4 Å². The van der Waals surface area contributed by atoms with Crippen molar-refractivity contribution < 1.29 is 0 Å². The zero-order valence-corrected chi connectivity index (χ0v) is 11.9. The minimum atomic E-state index is 0.761. The molecule has 1 aromatic rings. The zero-order chi connectivity index (χ0) is 13.1. The summed E-state index contributed by atoms with van der Waals surface area (Å²) in [5.41, 5.74) is 2.93. The minimum absolute atomic E-state index is 0.761. The third-order valence-electron chi connectivity index (χ3n) is 4.72. The van der Waals surface area contributed by atoms with Crippen molar-refractivity contribution in [3.63, 3.8) is 0 Å². The Kier molecular flexibility index (Phi) is 4.03. The fourth-order valence-corrected chi connectivity index (χ4v) is 3.36. The topological polar surface area (TPSA) is 12.0 Å². The van der Waals surface area contributed by atoms with Crippen LogP contribution >= 0.6 is 0 Å². The third-order valence-corrected chi connectivity index (χ3v) is 4.72. The predicted octanol–water partition coefficient (Wildman–Crippen LogP) is 4.19. The van der Waals surface area contributed by atoms with Crippen molar-refractivity contribution in [2.75, 3.05) is 6.54 Å². The maximum Gasteiger partial charge on any atom is 0.00788 e. The first-order valence-electron chi connectivity index (χ1n) is 7.76. The zero-order valence-electron chi connectivity index (χ0n) is 11.9. The van der Waals surface area contributed by atoms with Crippen molar-refractivity contribution in [1.29, 1.82) is 0 Å². The highest BCUT2D eigenvalue weighted by Gasteiger charge is 2.30. The summed E-state index contributed by atoms with van der Waals surface area (Å²) < 4.78 is 0. The second kappa shape index (κ2) is 5.92. The summed E-state index contributed by atoms with van der Waals surface area (Å²) in [5.74, 6) is 1.67. The number of allylic oxidation sites excluding steroid dienone is 2. The third kappa shape index (κ3) is 3.27. The molecule has 1 saturated carbocycles. The van der Waals surface area contributed by atoms with Crippen LogP contribution in [0.3, 0.4) is 0 Å². The molecule has 0 bridgehead atoms. The lowest BCUT2D eigenvalue weighted by atomic mass is 9.75. The van der Waals surface area contributed by atoms with Gasteiger partial charge in [-0.1, -0.05) is 42.0 Å². The molecule has 1 heteroatoms. The van der Waals surface area contributed by atoms with E-state index >= 15 is 0 Å². The fourth-order valence-electron chi connectivity index (χ4n) is 3.36. The van der Waals surface area contributed by atoms with Crippen LogP contribution in [0, 0.1) is 12.8 Å². The molecule has 1 N–H and O–H groups in total. The van der Waals surface area contributed by atoms with Gasteiger partial charge >= 0.3 is 0 Å². The van der Waals surface area contributed by atoms with E-state index in [1.165, 1.54) is 44.2 Å². The number of aryl methyl sites for hydroxylation is 1. The van der Waals surface area contributed by atoms with E-state index in [1.54, 1.807) is 5.56 Å². The van der Waals surface area contributed by atoms with Gasteiger partial charge in [-0.05, 0) is 63.0 Å². The summed E-state index contributed by atoms with van der Waals surface area (Å²) in [4.78, 5) is 0. The van der Waals surface area contributed by atoms with Crippen LogP contribution < -0.4 is 5.32 Å². The average Bonchev–Trinajstić information content (AvgIpc) is 2.38. The van der Waals surface area contributed by atoms with Crippen LogP contribution in [0.1, 0.15) is 49.1 Å². The molecule has 0 aromatic heterocycles. The molecule has 19 heavy (non-hydrogen) atoms. The van der Waals surface area contributed by atoms with E-state index in [4.69, 9.17) is 0 Å². The SMILES string of the molecule is Cc1cccc(C2CC(NCC3CC=CCC3)C2)c1. The molecule has 1 aromatic carbocycles. The molecule has 102 valence electrons. The van der Waals surface area contributed by atoms with Crippen LogP contribution in [0.25, 0.3) is 0 Å². The summed E-state index contributed by atoms with van der Waals surface area (Å²) in [7, 11) is 0. The van der Waals surface area contributed by atoms with Crippen molar-refractivity contribution in [3.8, 4) is 0 Å². The van der Waals surface area contributed by atoms with E-state index < -0.39 is 0 Å². The number of rotatable bonds is 4. The lowest BCUT2D eigenvalue weighted by Crippen LogP contribution is -2.42. The molecule has 0 amide bonds. The van der Waals surface area contributed by atoms with Crippen LogP contribution in [0.5, 0.6) is 0 Å². The van der Waals surface area contributed by atoms with E-state index in [-0.39, 0.29) is 0 Å². The molecule has 1 atom stereocenters. The Labute approximate surface area is 117 Å². The molecule has 2 aliphatic carbocycles. The molecule has 3 rings (SSSR count). The highest BCUT2D eigenvalue weighted by atomic mass is 14.9. The highest BCUT2D eigenvalue weighted by Crippen LogP contribution is 2.37. The number of nitrogens with one attached hydrogen (secondary N) is 1. The monoisotopic (exact) mass is 255 g/mol. The van der Waals surface area contributed by atoms with Gasteiger partial charge in [0.2, 0.25) is 0 Å². The molecule has 0 saturated heterocycles. The fraction of sp³-hybridized carbons (Fsp3) is 0.556. The molecular weight excluding hydrogens is 230 g/mol. The van der Waals surface area contributed by atoms with Gasteiger partial charge in [0.25, 0.3) is 0 Å². The Morgan fingerprint density at radius 2 is 2.11 bits per heavy atom. The molecule has 1 fully saturated rings. The Morgan fingerprint density at radius 1 is 1.21 bits per heavy atom. The van der Waals surface area contributed by atoms with Crippen molar-refractivity contribution in [1.82, 2.24) is 5.32 Å². The molecular formula is C18H25N. The molecule has 0 radical (unpaired) electrons. The van der Waals surface area contributed by atoms with E-state index in [9.17, 15) is 0 Å². The van der Waals surface area contributed by atoms with E-state index in [2.05, 4.69) is 48.7 Å². The average molecular weight is 255 g/mol. The van der Waals surface area contributed by atoms with Gasteiger partial charge in [-0.3, -0.25) is 0 Å². The molecule has 0 heterocycles. The minimum Gasteiger partial charge on any atom is -0.314 e. The van der Waals surface area contributed by atoms with E-state index in [1.807, 2.05) is 0 Å². The molecule has 1 unspecified atom stereocenters. The van der Waals surface area contributed by atoms with Crippen LogP contribution in [0.4, 0.5) is 0 Å². The van der Waals surface area contributed by atoms with Gasteiger partial charge in [-0.25, -0.2) is 0 Å². The molecule has 2 aliphatic rings. The maximum absolute atomic E-state index is 3.77. The first-order chi connectivity index (χ1) is 9.31. The molecule has 0 spiro atoms.